The Morgan fingerprint density at radius 3 is 2.11 bits per heavy atom. The van der Waals surface area contributed by atoms with Crippen LogP contribution in [0.25, 0.3) is 0 Å². The predicted molar refractivity (Wildman–Crippen MR) is 68.6 cm³/mol. The van der Waals surface area contributed by atoms with Gasteiger partial charge >= 0.3 is 6.16 Å². The summed E-state index contributed by atoms with van der Waals surface area (Å²) in [4.78, 5) is 8.56. The lowest BCUT2D eigenvalue weighted by molar-refractivity contribution is -0.0158. The van der Waals surface area contributed by atoms with Gasteiger partial charge in [0.2, 0.25) is 0 Å². The highest BCUT2D eigenvalue weighted by atomic mass is 16.6. The number of hydrogen-bond donors (Lipinski definition) is 4. The molecule has 1 aliphatic rings. The van der Waals surface area contributed by atoms with E-state index in [0.717, 1.165) is 6.42 Å². The Balaban J connectivity index is 0.000000631. The molecule has 0 aromatic rings. The number of aliphatic hydroxyl groups is 2. The average molecular weight is 262 g/mol. The van der Waals surface area contributed by atoms with Crippen LogP contribution in [0.1, 0.15) is 40.0 Å². The lowest BCUT2D eigenvalue weighted by Gasteiger charge is -2.39. The SMILES string of the molecule is CC1CCC(C(C)C)C(C(O)CO)C1.O=C(O)O. The molecule has 0 saturated heterocycles. The molecule has 4 unspecified atom stereocenters. The Bertz CT molecular complexity index is 238. The minimum Gasteiger partial charge on any atom is -0.450 e. The maximum absolute atomic E-state index is 9.77. The van der Waals surface area contributed by atoms with Gasteiger partial charge in [-0.05, 0) is 36.5 Å². The van der Waals surface area contributed by atoms with Crippen molar-refractivity contribution in [1.82, 2.24) is 0 Å². The molecule has 0 aromatic heterocycles. The highest BCUT2D eigenvalue weighted by Crippen LogP contribution is 2.39. The van der Waals surface area contributed by atoms with Crippen molar-refractivity contribution in [3.8, 4) is 0 Å². The Morgan fingerprint density at radius 1 is 1.22 bits per heavy atom. The molecule has 4 N–H and O–H groups in total. The molecule has 1 rings (SSSR count). The molecule has 4 atom stereocenters. The van der Waals surface area contributed by atoms with Gasteiger partial charge in [0.15, 0.2) is 0 Å². The van der Waals surface area contributed by atoms with Gasteiger partial charge in [-0.2, -0.15) is 0 Å². The molecule has 0 heterocycles. The molecule has 0 aromatic carbocycles. The van der Waals surface area contributed by atoms with Crippen LogP contribution < -0.4 is 0 Å². The first-order valence-corrected chi connectivity index (χ1v) is 6.50. The van der Waals surface area contributed by atoms with Crippen molar-refractivity contribution in [3.63, 3.8) is 0 Å². The number of aliphatic hydroxyl groups excluding tert-OH is 2. The second kappa shape index (κ2) is 8.32. The fraction of sp³-hybridized carbons (Fsp3) is 0.923. The summed E-state index contributed by atoms with van der Waals surface area (Å²) in [5.41, 5.74) is 0. The zero-order chi connectivity index (χ0) is 14.3. The van der Waals surface area contributed by atoms with Crippen molar-refractivity contribution in [2.24, 2.45) is 23.7 Å². The van der Waals surface area contributed by atoms with Crippen LogP contribution in [0.3, 0.4) is 0 Å². The van der Waals surface area contributed by atoms with Crippen LogP contribution in [0.4, 0.5) is 4.79 Å². The quantitative estimate of drug-likeness (QED) is 0.625. The summed E-state index contributed by atoms with van der Waals surface area (Å²) in [5.74, 6) is 2.22. The van der Waals surface area contributed by atoms with Crippen LogP contribution in [0.5, 0.6) is 0 Å². The summed E-state index contributed by atoms with van der Waals surface area (Å²) in [5, 5.41) is 32.7. The molecule has 1 saturated carbocycles. The standard InChI is InChI=1S/C12H24O2.CH2O3/c1-8(2)10-5-4-9(3)6-11(10)12(14)7-13;2-1(3)4/h8-14H,4-7H2,1-3H3;(H2,2,3,4). The van der Waals surface area contributed by atoms with Crippen molar-refractivity contribution in [1.29, 1.82) is 0 Å². The van der Waals surface area contributed by atoms with E-state index < -0.39 is 12.3 Å². The Morgan fingerprint density at radius 2 is 1.72 bits per heavy atom. The van der Waals surface area contributed by atoms with Gasteiger partial charge in [0, 0.05) is 0 Å². The van der Waals surface area contributed by atoms with E-state index in [1.165, 1.54) is 12.8 Å². The van der Waals surface area contributed by atoms with Gasteiger partial charge in [-0.25, -0.2) is 4.79 Å². The zero-order valence-corrected chi connectivity index (χ0v) is 11.4. The second-order valence-electron chi connectivity index (χ2n) is 5.52. The van der Waals surface area contributed by atoms with Crippen LogP contribution in [-0.2, 0) is 0 Å². The first-order chi connectivity index (χ1) is 8.29. The van der Waals surface area contributed by atoms with E-state index in [4.69, 9.17) is 20.1 Å². The van der Waals surface area contributed by atoms with Gasteiger partial charge in [0.1, 0.15) is 0 Å². The normalized spacial score (nSPS) is 29.3. The van der Waals surface area contributed by atoms with E-state index in [1.54, 1.807) is 0 Å². The molecular weight excluding hydrogens is 236 g/mol. The van der Waals surface area contributed by atoms with Crippen LogP contribution in [-0.4, -0.2) is 39.3 Å². The summed E-state index contributed by atoms with van der Waals surface area (Å²) in [6.07, 6.45) is 1.22. The van der Waals surface area contributed by atoms with E-state index >= 15 is 0 Å². The summed E-state index contributed by atoms with van der Waals surface area (Å²) in [6, 6.07) is 0. The Kier molecular flexibility index (Phi) is 7.95. The monoisotopic (exact) mass is 262 g/mol. The first kappa shape index (κ1) is 17.2. The molecule has 0 bridgehead atoms. The van der Waals surface area contributed by atoms with Crippen molar-refractivity contribution in [2.75, 3.05) is 6.61 Å². The summed E-state index contributed by atoms with van der Waals surface area (Å²) < 4.78 is 0. The summed E-state index contributed by atoms with van der Waals surface area (Å²) >= 11 is 0. The van der Waals surface area contributed by atoms with Crippen LogP contribution in [0.15, 0.2) is 0 Å². The predicted octanol–water partition coefficient (Wildman–Crippen LogP) is 2.27. The molecule has 1 aliphatic carbocycles. The summed E-state index contributed by atoms with van der Waals surface area (Å²) in [6.45, 7) is 6.60. The third-order valence-corrected chi connectivity index (χ3v) is 3.75. The van der Waals surface area contributed by atoms with Crippen LogP contribution in [0, 0.1) is 23.7 Å². The van der Waals surface area contributed by atoms with Gasteiger partial charge in [-0.15, -0.1) is 0 Å². The average Bonchev–Trinajstić information content (AvgIpc) is 2.26. The van der Waals surface area contributed by atoms with Gasteiger partial charge in [-0.3, -0.25) is 0 Å². The fourth-order valence-electron chi connectivity index (χ4n) is 2.85. The van der Waals surface area contributed by atoms with Gasteiger partial charge < -0.3 is 20.4 Å². The van der Waals surface area contributed by atoms with Crippen molar-refractivity contribution >= 4 is 6.16 Å². The van der Waals surface area contributed by atoms with Gasteiger partial charge in [0.05, 0.1) is 12.7 Å². The largest absolute Gasteiger partial charge is 0.503 e. The van der Waals surface area contributed by atoms with Gasteiger partial charge in [0.25, 0.3) is 0 Å². The fourth-order valence-corrected chi connectivity index (χ4v) is 2.85. The lowest BCUT2D eigenvalue weighted by atomic mass is 9.68. The number of hydrogen-bond acceptors (Lipinski definition) is 3. The van der Waals surface area contributed by atoms with Crippen molar-refractivity contribution in [3.05, 3.63) is 0 Å². The van der Waals surface area contributed by atoms with Gasteiger partial charge in [-0.1, -0.05) is 27.2 Å². The number of carbonyl (C=O) groups is 1. The molecule has 0 radical (unpaired) electrons. The minimum absolute atomic E-state index is 0.0827. The molecular formula is C13H26O5. The maximum Gasteiger partial charge on any atom is 0.503 e. The third kappa shape index (κ3) is 6.21. The van der Waals surface area contributed by atoms with E-state index in [2.05, 4.69) is 20.8 Å². The van der Waals surface area contributed by atoms with E-state index in [1.807, 2.05) is 0 Å². The molecule has 0 amide bonds. The highest BCUT2D eigenvalue weighted by molar-refractivity contribution is 5.53. The molecule has 108 valence electrons. The highest BCUT2D eigenvalue weighted by Gasteiger charge is 2.34. The van der Waals surface area contributed by atoms with Crippen molar-refractivity contribution in [2.45, 2.75) is 46.1 Å². The lowest BCUT2D eigenvalue weighted by Crippen LogP contribution is -2.37. The number of carboxylic acid groups (broad SMARTS) is 2. The molecule has 1 fully saturated rings. The second-order valence-corrected chi connectivity index (χ2v) is 5.52. The number of rotatable bonds is 3. The molecule has 5 nitrogen and oxygen atoms in total. The smallest absolute Gasteiger partial charge is 0.450 e. The van der Waals surface area contributed by atoms with Crippen molar-refractivity contribution < 1.29 is 25.2 Å². The molecule has 0 spiro atoms. The van der Waals surface area contributed by atoms with Crippen LogP contribution >= 0.6 is 0 Å². The maximum atomic E-state index is 9.77. The Labute approximate surface area is 108 Å². The molecule has 18 heavy (non-hydrogen) atoms. The molecule has 0 aliphatic heterocycles. The first-order valence-electron chi connectivity index (χ1n) is 6.50. The van der Waals surface area contributed by atoms with E-state index in [0.29, 0.717) is 23.7 Å². The Hall–Kier alpha value is -0.810. The van der Waals surface area contributed by atoms with Crippen LogP contribution in [0.2, 0.25) is 0 Å². The summed E-state index contributed by atoms with van der Waals surface area (Å²) in [7, 11) is 0. The zero-order valence-electron chi connectivity index (χ0n) is 11.4. The minimum atomic E-state index is -1.83. The third-order valence-electron chi connectivity index (χ3n) is 3.75. The molecule has 5 heteroatoms. The van der Waals surface area contributed by atoms with E-state index in [9.17, 15) is 5.11 Å². The van der Waals surface area contributed by atoms with E-state index in [-0.39, 0.29) is 6.61 Å². The topological polar surface area (TPSA) is 98.0 Å².